The van der Waals surface area contributed by atoms with Gasteiger partial charge in [0.15, 0.2) is 0 Å². The molecule has 0 saturated carbocycles. The van der Waals surface area contributed by atoms with Gasteiger partial charge >= 0.3 is 0 Å². The number of aryl methyl sites for hydroxylation is 1. The summed E-state index contributed by atoms with van der Waals surface area (Å²) in [6.07, 6.45) is 0. The summed E-state index contributed by atoms with van der Waals surface area (Å²) in [6, 6.07) is 0.985. The third-order valence-electron chi connectivity index (χ3n) is 2.93. The van der Waals surface area contributed by atoms with Gasteiger partial charge in [-0.05, 0) is 34.6 Å². The third-order valence-corrected chi connectivity index (χ3v) is 3.86. The third kappa shape index (κ3) is 4.07. The molecule has 102 valence electrons. The first kappa shape index (κ1) is 15.1. The Morgan fingerprint density at radius 3 is 2.44 bits per heavy atom. The molecule has 0 aliphatic rings. The summed E-state index contributed by atoms with van der Waals surface area (Å²) in [7, 11) is 0. The zero-order chi connectivity index (χ0) is 13.7. The fourth-order valence-corrected chi connectivity index (χ4v) is 2.73. The normalized spacial score (nSPS) is 11.6. The van der Waals surface area contributed by atoms with Crippen molar-refractivity contribution in [1.29, 1.82) is 0 Å². The van der Waals surface area contributed by atoms with Crippen LogP contribution in [-0.2, 0) is 0 Å². The van der Waals surface area contributed by atoms with E-state index in [9.17, 15) is 4.79 Å². The van der Waals surface area contributed by atoms with Gasteiger partial charge in [-0.3, -0.25) is 9.69 Å². The highest BCUT2D eigenvalue weighted by atomic mass is 32.1. The second kappa shape index (κ2) is 6.85. The van der Waals surface area contributed by atoms with Gasteiger partial charge in [0.1, 0.15) is 4.88 Å². The summed E-state index contributed by atoms with van der Waals surface area (Å²) >= 11 is 1.39. The minimum absolute atomic E-state index is 0.0116. The van der Waals surface area contributed by atoms with Gasteiger partial charge in [-0.2, -0.15) is 0 Å². The highest BCUT2D eigenvalue weighted by Gasteiger charge is 2.15. The van der Waals surface area contributed by atoms with Crippen LogP contribution in [0.5, 0.6) is 0 Å². The highest BCUT2D eigenvalue weighted by Crippen LogP contribution is 2.11. The Bertz CT molecular complexity index is 379. The Balaban J connectivity index is 2.42. The maximum absolute atomic E-state index is 11.9. The van der Waals surface area contributed by atoms with E-state index in [2.05, 4.69) is 42.9 Å². The highest BCUT2D eigenvalue weighted by molar-refractivity contribution is 7.11. The van der Waals surface area contributed by atoms with Gasteiger partial charge in [0.25, 0.3) is 5.91 Å². The Labute approximate surface area is 113 Å². The van der Waals surface area contributed by atoms with E-state index in [1.54, 1.807) is 5.51 Å². The molecule has 1 amide bonds. The molecule has 18 heavy (non-hydrogen) atoms. The van der Waals surface area contributed by atoms with Crippen molar-refractivity contribution in [2.45, 2.75) is 46.7 Å². The predicted octanol–water partition coefficient (Wildman–Crippen LogP) is 2.30. The quantitative estimate of drug-likeness (QED) is 0.862. The molecule has 0 fully saturated rings. The molecule has 1 rings (SSSR count). The maximum Gasteiger partial charge on any atom is 0.263 e. The number of nitrogens with zero attached hydrogens (tertiary/aromatic N) is 2. The number of hydrogen-bond donors (Lipinski definition) is 1. The Morgan fingerprint density at radius 2 is 2.00 bits per heavy atom. The smallest absolute Gasteiger partial charge is 0.263 e. The van der Waals surface area contributed by atoms with E-state index in [1.807, 2.05) is 6.92 Å². The van der Waals surface area contributed by atoms with E-state index in [0.29, 0.717) is 18.6 Å². The van der Waals surface area contributed by atoms with Gasteiger partial charge in [0.2, 0.25) is 0 Å². The van der Waals surface area contributed by atoms with Gasteiger partial charge in [0, 0.05) is 25.2 Å². The van der Waals surface area contributed by atoms with Crippen molar-refractivity contribution in [2.24, 2.45) is 0 Å². The van der Waals surface area contributed by atoms with Crippen LogP contribution in [0.1, 0.15) is 43.1 Å². The fraction of sp³-hybridized carbons (Fsp3) is 0.692. The van der Waals surface area contributed by atoms with E-state index in [0.717, 1.165) is 17.1 Å². The SMILES string of the molecule is Cc1ncsc1C(=O)NCCN(C(C)C)C(C)C. The first-order valence-electron chi connectivity index (χ1n) is 6.37. The maximum atomic E-state index is 11.9. The molecular formula is C13H23N3OS. The van der Waals surface area contributed by atoms with Gasteiger partial charge in [-0.15, -0.1) is 11.3 Å². The molecule has 0 unspecified atom stereocenters. The molecule has 0 atom stereocenters. The van der Waals surface area contributed by atoms with Gasteiger partial charge in [-0.25, -0.2) is 4.98 Å². The molecule has 0 saturated heterocycles. The second-order valence-corrected chi connectivity index (χ2v) is 5.80. The number of thiazole rings is 1. The first-order chi connectivity index (χ1) is 8.43. The van der Waals surface area contributed by atoms with E-state index in [4.69, 9.17) is 0 Å². The Kier molecular flexibility index (Phi) is 5.75. The zero-order valence-electron chi connectivity index (χ0n) is 11.9. The van der Waals surface area contributed by atoms with Gasteiger partial charge < -0.3 is 5.32 Å². The predicted molar refractivity (Wildman–Crippen MR) is 76.2 cm³/mol. The number of amides is 1. The van der Waals surface area contributed by atoms with Crippen molar-refractivity contribution < 1.29 is 4.79 Å². The minimum atomic E-state index is -0.0116. The number of carbonyl (C=O) groups is 1. The minimum Gasteiger partial charge on any atom is -0.350 e. The molecule has 1 N–H and O–H groups in total. The van der Waals surface area contributed by atoms with E-state index in [-0.39, 0.29) is 5.91 Å². The first-order valence-corrected chi connectivity index (χ1v) is 7.25. The molecule has 1 aromatic heterocycles. The molecule has 1 heterocycles. The standard InChI is InChI=1S/C13H23N3OS/c1-9(2)16(10(3)4)7-6-14-13(17)12-11(5)15-8-18-12/h8-10H,6-7H2,1-5H3,(H,14,17). The topological polar surface area (TPSA) is 45.2 Å². The van der Waals surface area contributed by atoms with Crippen LogP contribution in [-0.4, -0.2) is 41.0 Å². The molecule has 0 bridgehead atoms. The lowest BCUT2D eigenvalue weighted by Gasteiger charge is -2.30. The molecule has 4 nitrogen and oxygen atoms in total. The summed E-state index contributed by atoms with van der Waals surface area (Å²) < 4.78 is 0. The fourth-order valence-electron chi connectivity index (χ4n) is 2.01. The lowest BCUT2D eigenvalue weighted by atomic mass is 10.2. The van der Waals surface area contributed by atoms with Crippen molar-refractivity contribution in [3.63, 3.8) is 0 Å². The van der Waals surface area contributed by atoms with Crippen LogP contribution in [0.15, 0.2) is 5.51 Å². The summed E-state index contributed by atoms with van der Waals surface area (Å²) in [4.78, 5) is 19.1. The molecule has 0 spiro atoms. The lowest BCUT2D eigenvalue weighted by molar-refractivity contribution is 0.0942. The molecule has 0 aromatic carbocycles. The molecule has 0 radical (unpaired) electrons. The monoisotopic (exact) mass is 269 g/mol. The number of rotatable bonds is 6. The van der Waals surface area contributed by atoms with Crippen LogP contribution >= 0.6 is 11.3 Å². The van der Waals surface area contributed by atoms with Crippen molar-refractivity contribution in [1.82, 2.24) is 15.2 Å². The van der Waals surface area contributed by atoms with Crippen molar-refractivity contribution in [3.05, 3.63) is 16.1 Å². The van der Waals surface area contributed by atoms with Crippen LogP contribution in [0.4, 0.5) is 0 Å². The molecule has 0 aliphatic heterocycles. The molecule has 5 heteroatoms. The van der Waals surface area contributed by atoms with Crippen LogP contribution in [0.2, 0.25) is 0 Å². The van der Waals surface area contributed by atoms with Crippen molar-refractivity contribution >= 4 is 17.2 Å². The largest absolute Gasteiger partial charge is 0.350 e. The zero-order valence-corrected chi connectivity index (χ0v) is 12.7. The summed E-state index contributed by atoms with van der Waals surface area (Å²) in [5.74, 6) is -0.0116. The average Bonchev–Trinajstić information content (AvgIpc) is 2.69. The van der Waals surface area contributed by atoms with Gasteiger partial charge in [-0.1, -0.05) is 0 Å². The second-order valence-electron chi connectivity index (χ2n) is 4.95. The van der Waals surface area contributed by atoms with Gasteiger partial charge in [0.05, 0.1) is 11.2 Å². The van der Waals surface area contributed by atoms with Crippen molar-refractivity contribution in [3.8, 4) is 0 Å². The van der Waals surface area contributed by atoms with E-state index >= 15 is 0 Å². The summed E-state index contributed by atoms with van der Waals surface area (Å²) in [5, 5.41) is 2.96. The Morgan fingerprint density at radius 1 is 1.39 bits per heavy atom. The van der Waals surface area contributed by atoms with E-state index in [1.165, 1.54) is 11.3 Å². The average molecular weight is 269 g/mol. The van der Waals surface area contributed by atoms with Crippen LogP contribution in [0, 0.1) is 6.92 Å². The molecule has 0 aliphatic carbocycles. The number of aromatic nitrogens is 1. The molecular weight excluding hydrogens is 246 g/mol. The summed E-state index contributed by atoms with van der Waals surface area (Å²) in [6.45, 7) is 12.1. The van der Waals surface area contributed by atoms with Crippen LogP contribution < -0.4 is 5.32 Å². The number of hydrogen-bond acceptors (Lipinski definition) is 4. The Hall–Kier alpha value is -0.940. The van der Waals surface area contributed by atoms with Crippen LogP contribution in [0.3, 0.4) is 0 Å². The lowest BCUT2D eigenvalue weighted by Crippen LogP contribution is -2.42. The van der Waals surface area contributed by atoms with Crippen LogP contribution in [0.25, 0.3) is 0 Å². The number of nitrogens with one attached hydrogen (secondary N) is 1. The summed E-state index contributed by atoms with van der Waals surface area (Å²) in [5.41, 5.74) is 2.51. The number of carbonyl (C=O) groups excluding carboxylic acids is 1. The molecule has 1 aromatic rings. The van der Waals surface area contributed by atoms with E-state index < -0.39 is 0 Å². The van der Waals surface area contributed by atoms with Crippen molar-refractivity contribution in [2.75, 3.05) is 13.1 Å².